The zero-order chi connectivity index (χ0) is 19.4. The lowest BCUT2D eigenvalue weighted by Gasteiger charge is -2.18. The van der Waals surface area contributed by atoms with Gasteiger partial charge >= 0.3 is 0 Å². The van der Waals surface area contributed by atoms with Crippen LogP contribution in [0.2, 0.25) is 0 Å². The maximum atomic E-state index is 12.6. The van der Waals surface area contributed by atoms with Gasteiger partial charge in [0, 0.05) is 5.56 Å². The fraction of sp³-hybridized carbons (Fsp3) is 0.211. The Morgan fingerprint density at radius 2 is 1.81 bits per heavy atom. The molecule has 1 aliphatic rings. The number of para-hydroxylation sites is 2. The zero-order valence-electron chi connectivity index (χ0n) is 15.0. The van der Waals surface area contributed by atoms with E-state index in [4.69, 9.17) is 4.74 Å². The SMILES string of the molecule is CN(C)CC(=O)Nc1ccccc1NC(=O)c1ccc2c(c1)OCC(=O)N2. The van der Waals surface area contributed by atoms with Gasteiger partial charge in [0.05, 0.1) is 23.6 Å². The van der Waals surface area contributed by atoms with Crippen LogP contribution in [0.5, 0.6) is 5.75 Å². The molecule has 0 saturated carbocycles. The number of hydrogen-bond donors (Lipinski definition) is 3. The molecule has 3 N–H and O–H groups in total. The van der Waals surface area contributed by atoms with E-state index in [0.717, 1.165) is 0 Å². The number of nitrogens with one attached hydrogen (secondary N) is 3. The van der Waals surface area contributed by atoms with Crippen LogP contribution >= 0.6 is 0 Å². The summed E-state index contributed by atoms with van der Waals surface area (Å²) in [6, 6.07) is 11.7. The zero-order valence-corrected chi connectivity index (χ0v) is 15.0. The summed E-state index contributed by atoms with van der Waals surface area (Å²) < 4.78 is 5.34. The van der Waals surface area contributed by atoms with Crippen molar-refractivity contribution in [1.82, 2.24) is 4.90 Å². The molecule has 0 saturated heterocycles. The van der Waals surface area contributed by atoms with Gasteiger partial charge in [-0.25, -0.2) is 0 Å². The predicted octanol–water partition coefficient (Wildman–Crippen LogP) is 1.77. The van der Waals surface area contributed by atoms with E-state index >= 15 is 0 Å². The summed E-state index contributed by atoms with van der Waals surface area (Å²) in [6.45, 7) is 0.148. The molecule has 140 valence electrons. The van der Waals surface area contributed by atoms with Crippen LogP contribution in [0.25, 0.3) is 0 Å². The van der Waals surface area contributed by atoms with Crippen molar-refractivity contribution in [3.8, 4) is 5.75 Å². The van der Waals surface area contributed by atoms with Crippen LogP contribution in [0.1, 0.15) is 10.4 Å². The molecule has 1 aliphatic heterocycles. The van der Waals surface area contributed by atoms with Gasteiger partial charge in [-0.2, -0.15) is 0 Å². The number of nitrogens with zero attached hydrogens (tertiary/aromatic N) is 1. The summed E-state index contributed by atoms with van der Waals surface area (Å²) in [5.41, 5.74) is 1.90. The topological polar surface area (TPSA) is 99.8 Å². The first-order valence-electron chi connectivity index (χ1n) is 8.34. The minimum Gasteiger partial charge on any atom is -0.482 e. The molecule has 2 aromatic carbocycles. The number of benzene rings is 2. The second-order valence-corrected chi connectivity index (χ2v) is 6.33. The van der Waals surface area contributed by atoms with Gasteiger partial charge in [-0.15, -0.1) is 0 Å². The minimum absolute atomic E-state index is 0.0845. The highest BCUT2D eigenvalue weighted by Crippen LogP contribution is 2.29. The number of amides is 3. The highest BCUT2D eigenvalue weighted by Gasteiger charge is 2.18. The molecule has 27 heavy (non-hydrogen) atoms. The molecule has 1 heterocycles. The third kappa shape index (κ3) is 4.62. The summed E-state index contributed by atoms with van der Waals surface area (Å²) in [6.07, 6.45) is 0. The first kappa shape index (κ1) is 18.4. The van der Waals surface area contributed by atoms with E-state index in [2.05, 4.69) is 16.0 Å². The van der Waals surface area contributed by atoms with Crippen LogP contribution in [-0.2, 0) is 9.59 Å². The number of hydrogen-bond acceptors (Lipinski definition) is 5. The Labute approximate surface area is 156 Å². The largest absolute Gasteiger partial charge is 0.482 e. The molecule has 0 aromatic heterocycles. The second-order valence-electron chi connectivity index (χ2n) is 6.33. The van der Waals surface area contributed by atoms with Crippen molar-refractivity contribution in [3.05, 3.63) is 48.0 Å². The molecule has 0 bridgehead atoms. The smallest absolute Gasteiger partial charge is 0.262 e. The third-order valence-corrected chi connectivity index (χ3v) is 3.79. The summed E-state index contributed by atoms with van der Waals surface area (Å²) in [5.74, 6) is -0.329. The Kier molecular flexibility index (Phi) is 5.37. The molecule has 8 heteroatoms. The molecule has 2 aromatic rings. The second kappa shape index (κ2) is 7.88. The lowest BCUT2D eigenvalue weighted by Crippen LogP contribution is -2.27. The highest BCUT2D eigenvalue weighted by atomic mass is 16.5. The molecule has 0 fully saturated rings. The number of likely N-dealkylation sites (N-methyl/N-ethyl adjacent to an activating group) is 1. The molecule has 0 spiro atoms. The van der Waals surface area contributed by atoms with Gasteiger partial charge in [0.2, 0.25) is 5.91 Å². The van der Waals surface area contributed by atoms with Crippen LogP contribution in [0.15, 0.2) is 42.5 Å². The molecule has 0 aliphatic carbocycles. The molecule has 3 rings (SSSR count). The standard InChI is InChI=1S/C19H20N4O4/c1-23(2)10-17(24)20-13-5-3-4-6-14(13)22-19(26)12-7-8-15-16(9-12)27-11-18(25)21-15/h3-9H,10-11H2,1-2H3,(H,20,24)(H,21,25)(H,22,26). The monoisotopic (exact) mass is 368 g/mol. The Balaban J connectivity index is 1.75. The van der Waals surface area contributed by atoms with E-state index in [1.807, 2.05) is 0 Å². The first-order valence-corrected chi connectivity index (χ1v) is 8.34. The van der Waals surface area contributed by atoms with E-state index in [1.54, 1.807) is 61.5 Å². The van der Waals surface area contributed by atoms with E-state index in [-0.39, 0.29) is 30.9 Å². The predicted molar refractivity (Wildman–Crippen MR) is 102 cm³/mol. The number of fused-ring (bicyclic) bond motifs is 1. The van der Waals surface area contributed by atoms with Crippen molar-refractivity contribution >= 4 is 34.8 Å². The minimum atomic E-state index is -0.354. The van der Waals surface area contributed by atoms with E-state index in [9.17, 15) is 14.4 Å². The third-order valence-electron chi connectivity index (χ3n) is 3.79. The van der Waals surface area contributed by atoms with Crippen LogP contribution < -0.4 is 20.7 Å². The number of ether oxygens (including phenoxy) is 1. The quantitative estimate of drug-likeness (QED) is 0.747. The van der Waals surface area contributed by atoms with Crippen LogP contribution in [0, 0.1) is 0 Å². The molecule has 0 radical (unpaired) electrons. The van der Waals surface area contributed by atoms with E-state index in [1.165, 1.54) is 0 Å². The van der Waals surface area contributed by atoms with E-state index < -0.39 is 0 Å². The summed E-state index contributed by atoms with van der Waals surface area (Å²) >= 11 is 0. The van der Waals surface area contributed by atoms with Gasteiger partial charge in [-0.1, -0.05) is 12.1 Å². The number of carbonyl (C=O) groups is 3. The van der Waals surface area contributed by atoms with Crippen LogP contribution in [0.3, 0.4) is 0 Å². The molecule has 3 amide bonds. The van der Waals surface area contributed by atoms with Gasteiger partial charge in [0.15, 0.2) is 6.61 Å². The number of rotatable bonds is 5. The highest BCUT2D eigenvalue weighted by molar-refractivity contribution is 6.08. The fourth-order valence-corrected chi connectivity index (χ4v) is 2.59. The van der Waals surface area contributed by atoms with Crippen molar-refractivity contribution in [2.75, 3.05) is 43.2 Å². The summed E-state index contributed by atoms with van der Waals surface area (Å²) in [7, 11) is 3.60. The maximum Gasteiger partial charge on any atom is 0.262 e. The van der Waals surface area contributed by atoms with Crippen molar-refractivity contribution in [2.45, 2.75) is 0 Å². The Morgan fingerprint density at radius 3 is 2.52 bits per heavy atom. The lowest BCUT2D eigenvalue weighted by molar-refractivity contribution is -0.118. The Bertz CT molecular complexity index is 895. The normalized spacial score (nSPS) is 12.6. The average molecular weight is 368 g/mol. The van der Waals surface area contributed by atoms with Gasteiger partial charge in [0.25, 0.3) is 11.8 Å². The summed E-state index contributed by atoms with van der Waals surface area (Å²) in [4.78, 5) is 37.7. The van der Waals surface area contributed by atoms with Crippen molar-refractivity contribution in [3.63, 3.8) is 0 Å². The van der Waals surface area contributed by atoms with Gasteiger partial charge < -0.3 is 25.6 Å². The lowest BCUT2D eigenvalue weighted by atomic mass is 10.1. The van der Waals surface area contributed by atoms with E-state index in [0.29, 0.717) is 28.4 Å². The Morgan fingerprint density at radius 1 is 1.11 bits per heavy atom. The van der Waals surface area contributed by atoms with Crippen molar-refractivity contribution in [1.29, 1.82) is 0 Å². The first-order chi connectivity index (χ1) is 12.9. The van der Waals surface area contributed by atoms with Crippen LogP contribution in [-0.4, -0.2) is 49.9 Å². The Hall–Kier alpha value is -3.39. The molecular formula is C19H20N4O4. The van der Waals surface area contributed by atoms with Crippen molar-refractivity contribution < 1.29 is 19.1 Å². The fourth-order valence-electron chi connectivity index (χ4n) is 2.59. The molecular weight excluding hydrogens is 348 g/mol. The molecule has 8 nitrogen and oxygen atoms in total. The van der Waals surface area contributed by atoms with Gasteiger partial charge in [-0.05, 0) is 44.4 Å². The average Bonchev–Trinajstić information content (AvgIpc) is 2.62. The van der Waals surface area contributed by atoms with Gasteiger partial charge in [-0.3, -0.25) is 14.4 Å². The number of anilines is 3. The van der Waals surface area contributed by atoms with Gasteiger partial charge in [0.1, 0.15) is 5.75 Å². The van der Waals surface area contributed by atoms with Crippen LogP contribution in [0.4, 0.5) is 17.1 Å². The number of carbonyl (C=O) groups excluding carboxylic acids is 3. The van der Waals surface area contributed by atoms with Crippen molar-refractivity contribution in [2.24, 2.45) is 0 Å². The molecule has 0 unspecified atom stereocenters. The molecule has 0 atom stereocenters. The maximum absolute atomic E-state index is 12.6. The summed E-state index contributed by atoms with van der Waals surface area (Å²) in [5, 5.41) is 8.25.